The fourth-order valence-corrected chi connectivity index (χ4v) is 3.07. The van der Waals surface area contributed by atoms with Crippen LogP contribution < -0.4 is 4.90 Å². The monoisotopic (exact) mass is 340 g/mol. The zero-order chi connectivity index (χ0) is 13.1. The Balaban J connectivity index is 2.26. The Morgan fingerprint density at radius 2 is 2.22 bits per heavy atom. The quantitative estimate of drug-likeness (QED) is 0.811. The molecule has 18 heavy (non-hydrogen) atoms. The molecule has 0 spiro atoms. The van der Waals surface area contributed by atoms with E-state index in [0.29, 0.717) is 10.6 Å². The maximum Gasteiger partial charge on any atom is 0.101 e. The smallest absolute Gasteiger partial charge is 0.101 e. The van der Waals surface area contributed by atoms with Crippen LogP contribution in [-0.2, 0) is 6.54 Å². The molecule has 0 aliphatic carbocycles. The third-order valence-electron chi connectivity index (χ3n) is 2.53. The summed E-state index contributed by atoms with van der Waals surface area (Å²) in [6.45, 7) is 0.747. The lowest BCUT2D eigenvalue weighted by Gasteiger charge is -2.20. The zero-order valence-corrected chi connectivity index (χ0v) is 12.8. The fourth-order valence-electron chi connectivity index (χ4n) is 1.70. The molecule has 0 bridgehead atoms. The predicted molar refractivity (Wildman–Crippen MR) is 80.3 cm³/mol. The van der Waals surface area contributed by atoms with Crippen molar-refractivity contribution in [2.45, 2.75) is 6.54 Å². The van der Waals surface area contributed by atoms with E-state index in [9.17, 15) is 0 Å². The van der Waals surface area contributed by atoms with Gasteiger partial charge in [-0.2, -0.15) is 5.26 Å². The fraction of sp³-hybridized carbons (Fsp3) is 0.154. The minimum atomic E-state index is 0.635. The summed E-state index contributed by atoms with van der Waals surface area (Å²) in [6.07, 6.45) is 0. The summed E-state index contributed by atoms with van der Waals surface area (Å²) >= 11 is 11.1. The van der Waals surface area contributed by atoms with Gasteiger partial charge >= 0.3 is 0 Å². The Labute approximate surface area is 124 Å². The van der Waals surface area contributed by atoms with Crippen molar-refractivity contribution < 1.29 is 0 Å². The first-order valence-electron chi connectivity index (χ1n) is 5.24. The van der Waals surface area contributed by atoms with Crippen LogP contribution in [0.4, 0.5) is 5.69 Å². The summed E-state index contributed by atoms with van der Waals surface area (Å²) in [7, 11) is 1.96. The van der Waals surface area contributed by atoms with Crippen LogP contribution in [0.15, 0.2) is 33.4 Å². The summed E-state index contributed by atoms with van der Waals surface area (Å²) in [6, 6.07) is 9.57. The van der Waals surface area contributed by atoms with Crippen LogP contribution in [0.2, 0.25) is 5.02 Å². The van der Waals surface area contributed by atoms with Crippen LogP contribution in [0.25, 0.3) is 0 Å². The summed E-state index contributed by atoms with van der Waals surface area (Å²) in [5.41, 5.74) is 2.70. The van der Waals surface area contributed by atoms with Gasteiger partial charge in [-0.1, -0.05) is 11.6 Å². The number of thiophene rings is 1. The summed E-state index contributed by atoms with van der Waals surface area (Å²) in [5.74, 6) is 0. The largest absolute Gasteiger partial charge is 0.369 e. The van der Waals surface area contributed by atoms with Crippen LogP contribution in [0.1, 0.15) is 11.1 Å². The number of anilines is 1. The van der Waals surface area contributed by atoms with Gasteiger partial charge in [-0.3, -0.25) is 0 Å². The molecule has 0 atom stereocenters. The lowest BCUT2D eigenvalue weighted by molar-refractivity contribution is 0.925. The van der Waals surface area contributed by atoms with Crippen LogP contribution in [0, 0.1) is 11.3 Å². The normalized spacial score (nSPS) is 10.1. The van der Waals surface area contributed by atoms with Crippen molar-refractivity contribution >= 4 is 44.6 Å². The van der Waals surface area contributed by atoms with E-state index in [1.54, 1.807) is 23.5 Å². The highest BCUT2D eigenvalue weighted by atomic mass is 79.9. The van der Waals surface area contributed by atoms with Crippen molar-refractivity contribution in [1.82, 2.24) is 0 Å². The average Bonchev–Trinajstić information content (AvgIpc) is 2.74. The molecule has 5 heteroatoms. The molecule has 92 valence electrons. The summed E-state index contributed by atoms with van der Waals surface area (Å²) < 4.78 is 1.11. The molecule has 0 fully saturated rings. The van der Waals surface area contributed by atoms with Crippen molar-refractivity contribution in [3.63, 3.8) is 0 Å². The molecule has 2 aromatic rings. The van der Waals surface area contributed by atoms with Gasteiger partial charge in [0.15, 0.2) is 0 Å². The van der Waals surface area contributed by atoms with Gasteiger partial charge in [0.25, 0.3) is 0 Å². The predicted octanol–water partition coefficient (Wildman–Crippen LogP) is 4.67. The Kier molecular flexibility index (Phi) is 4.28. The third-order valence-corrected chi connectivity index (χ3v) is 4.32. The molecule has 2 nitrogen and oxygen atoms in total. The van der Waals surface area contributed by atoms with Crippen molar-refractivity contribution in [2.24, 2.45) is 0 Å². The summed E-state index contributed by atoms with van der Waals surface area (Å²) in [4.78, 5) is 2.03. The number of hydrogen-bond donors (Lipinski definition) is 0. The molecule has 0 radical (unpaired) electrons. The van der Waals surface area contributed by atoms with E-state index in [1.807, 2.05) is 18.0 Å². The number of nitrogens with zero attached hydrogens (tertiary/aromatic N) is 2. The molecule has 1 aromatic carbocycles. The number of halogens is 2. The number of benzene rings is 1. The molecule has 0 aliphatic rings. The van der Waals surface area contributed by atoms with Gasteiger partial charge in [-0.15, -0.1) is 11.3 Å². The second kappa shape index (κ2) is 5.75. The second-order valence-corrected chi connectivity index (χ2v) is 6.62. The van der Waals surface area contributed by atoms with Gasteiger partial charge in [0.1, 0.15) is 6.07 Å². The molecule has 1 heterocycles. The number of hydrogen-bond acceptors (Lipinski definition) is 3. The van der Waals surface area contributed by atoms with Gasteiger partial charge in [0, 0.05) is 18.6 Å². The molecular formula is C13H10BrClN2S. The van der Waals surface area contributed by atoms with Crippen molar-refractivity contribution in [1.29, 1.82) is 5.26 Å². The Hall–Kier alpha value is -1.02. The van der Waals surface area contributed by atoms with Crippen LogP contribution in [-0.4, -0.2) is 7.05 Å². The molecule has 1 aromatic heterocycles. The Morgan fingerprint density at radius 3 is 2.83 bits per heavy atom. The molecule has 2 rings (SSSR count). The Bertz CT molecular complexity index is 603. The van der Waals surface area contributed by atoms with E-state index in [1.165, 1.54) is 5.56 Å². The highest BCUT2D eigenvalue weighted by Crippen LogP contribution is 2.27. The van der Waals surface area contributed by atoms with Crippen molar-refractivity contribution in [3.8, 4) is 6.07 Å². The first-order valence-corrected chi connectivity index (χ1v) is 7.29. The maximum atomic E-state index is 9.10. The number of rotatable bonds is 3. The Morgan fingerprint density at radius 1 is 1.44 bits per heavy atom. The van der Waals surface area contributed by atoms with E-state index in [4.69, 9.17) is 16.9 Å². The number of nitriles is 1. The standard InChI is InChI=1S/C13H10BrClN2S/c1-17(7-9-4-13(14)18-8-9)12-5-11(15)3-2-10(12)6-16/h2-5,8H,7H2,1H3. The minimum Gasteiger partial charge on any atom is -0.369 e. The van der Waals surface area contributed by atoms with E-state index >= 15 is 0 Å². The highest BCUT2D eigenvalue weighted by Gasteiger charge is 2.09. The van der Waals surface area contributed by atoms with Crippen molar-refractivity contribution in [3.05, 3.63) is 49.6 Å². The highest BCUT2D eigenvalue weighted by molar-refractivity contribution is 9.11. The lowest BCUT2D eigenvalue weighted by atomic mass is 10.1. The van der Waals surface area contributed by atoms with E-state index in [-0.39, 0.29) is 0 Å². The summed E-state index contributed by atoms with van der Waals surface area (Å²) in [5, 5.41) is 11.8. The van der Waals surface area contributed by atoms with Crippen LogP contribution in [0.5, 0.6) is 0 Å². The molecule has 0 N–H and O–H groups in total. The van der Waals surface area contributed by atoms with Gasteiger partial charge < -0.3 is 4.90 Å². The third kappa shape index (κ3) is 3.05. The van der Waals surface area contributed by atoms with Gasteiger partial charge in [-0.05, 0) is 51.1 Å². The SMILES string of the molecule is CN(Cc1csc(Br)c1)c1cc(Cl)ccc1C#N. The molecule has 0 saturated carbocycles. The van der Waals surface area contributed by atoms with Gasteiger partial charge in [0.05, 0.1) is 15.0 Å². The maximum absolute atomic E-state index is 9.10. The van der Waals surface area contributed by atoms with Crippen LogP contribution >= 0.6 is 38.9 Å². The molecule has 0 saturated heterocycles. The van der Waals surface area contributed by atoms with Gasteiger partial charge in [-0.25, -0.2) is 0 Å². The molecule has 0 amide bonds. The second-order valence-electron chi connectivity index (χ2n) is 3.89. The van der Waals surface area contributed by atoms with E-state index in [2.05, 4.69) is 33.4 Å². The molecule has 0 aliphatic heterocycles. The zero-order valence-electron chi connectivity index (χ0n) is 9.65. The first-order chi connectivity index (χ1) is 8.60. The molecular weight excluding hydrogens is 332 g/mol. The first kappa shape index (κ1) is 13.4. The minimum absolute atomic E-state index is 0.635. The van der Waals surface area contributed by atoms with Crippen molar-refractivity contribution in [2.75, 3.05) is 11.9 Å². The average molecular weight is 342 g/mol. The topological polar surface area (TPSA) is 27.0 Å². The lowest BCUT2D eigenvalue weighted by Crippen LogP contribution is -2.17. The van der Waals surface area contributed by atoms with Gasteiger partial charge in [0.2, 0.25) is 0 Å². The van der Waals surface area contributed by atoms with E-state index < -0.39 is 0 Å². The van der Waals surface area contributed by atoms with E-state index in [0.717, 1.165) is 16.0 Å². The molecule has 0 unspecified atom stereocenters. The van der Waals surface area contributed by atoms with Crippen LogP contribution in [0.3, 0.4) is 0 Å².